The number of hydrogen-bond acceptors (Lipinski definition) is 2. The zero-order valence-corrected chi connectivity index (χ0v) is 14.2. The van der Waals surface area contributed by atoms with Gasteiger partial charge in [-0.15, -0.1) is 0 Å². The molecule has 0 radical (unpaired) electrons. The Morgan fingerprint density at radius 1 is 1.19 bits per heavy atom. The highest BCUT2D eigenvalue weighted by atomic mass is 16.7. The van der Waals surface area contributed by atoms with Crippen molar-refractivity contribution in [1.82, 2.24) is 0 Å². The van der Waals surface area contributed by atoms with Crippen LogP contribution in [0, 0.1) is 23.2 Å². The van der Waals surface area contributed by atoms with Crippen LogP contribution in [-0.4, -0.2) is 18.8 Å². The molecule has 3 heteroatoms. The maximum Gasteiger partial charge on any atom is 0.460 e. The standard InChI is InChI=1S/C18H31BO2/c1-5-14(9-12-7-6-8-12)19-20-16-11-13-10-15(17(13,2)3)18(16,4)21-19/h12-16H,5-11H2,1-4H3. The van der Waals surface area contributed by atoms with E-state index < -0.39 is 0 Å². The normalized spacial score (nSPS) is 45.7. The molecular formula is C18H31BO2. The average molecular weight is 290 g/mol. The fourth-order valence-corrected chi connectivity index (χ4v) is 5.73. The third-order valence-electron chi connectivity index (χ3n) is 7.74. The molecule has 0 spiro atoms. The third kappa shape index (κ3) is 1.99. The van der Waals surface area contributed by atoms with Crippen molar-refractivity contribution in [3.63, 3.8) is 0 Å². The molecule has 0 N–H and O–H groups in total. The van der Waals surface area contributed by atoms with Crippen molar-refractivity contribution in [3.8, 4) is 0 Å². The van der Waals surface area contributed by atoms with Crippen molar-refractivity contribution in [3.05, 3.63) is 0 Å². The Labute approximate surface area is 130 Å². The molecule has 0 aromatic heterocycles. The first kappa shape index (κ1) is 14.6. The van der Waals surface area contributed by atoms with Crippen molar-refractivity contribution in [2.75, 3.05) is 0 Å². The van der Waals surface area contributed by atoms with Crippen LogP contribution in [0.3, 0.4) is 0 Å². The summed E-state index contributed by atoms with van der Waals surface area (Å²) < 4.78 is 13.1. The SMILES string of the molecule is CCC(CC1CCC1)B1OC2CC3CC(C3(C)C)C2(C)O1. The molecular weight excluding hydrogens is 259 g/mol. The Bertz CT molecular complexity index is 419. The predicted molar refractivity (Wildman–Crippen MR) is 86.1 cm³/mol. The van der Waals surface area contributed by atoms with E-state index in [4.69, 9.17) is 9.31 Å². The largest absolute Gasteiger partial charge is 0.460 e. The van der Waals surface area contributed by atoms with E-state index in [1.165, 1.54) is 44.9 Å². The van der Waals surface area contributed by atoms with Crippen molar-refractivity contribution < 1.29 is 9.31 Å². The first-order valence-corrected chi connectivity index (χ1v) is 9.28. The second-order valence-electron chi connectivity index (χ2n) is 9.04. The molecule has 2 nitrogen and oxygen atoms in total. The highest BCUT2D eigenvalue weighted by Crippen LogP contribution is 2.66. The summed E-state index contributed by atoms with van der Waals surface area (Å²) in [6, 6.07) is 0. The summed E-state index contributed by atoms with van der Waals surface area (Å²) >= 11 is 0. The Kier molecular flexibility index (Phi) is 3.29. The zero-order chi connectivity index (χ0) is 14.8. The van der Waals surface area contributed by atoms with Gasteiger partial charge in [0.1, 0.15) is 0 Å². The lowest BCUT2D eigenvalue weighted by atomic mass is 9.43. The number of hydrogen-bond donors (Lipinski definition) is 0. The van der Waals surface area contributed by atoms with E-state index in [-0.39, 0.29) is 12.7 Å². The van der Waals surface area contributed by atoms with Crippen LogP contribution in [0.25, 0.3) is 0 Å². The van der Waals surface area contributed by atoms with Gasteiger partial charge in [-0.1, -0.05) is 46.5 Å². The van der Waals surface area contributed by atoms with E-state index in [9.17, 15) is 0 Å². The summed E-state index contributed by atoms with van der Waals surface area (Å²) in [4.78, 5) is 0. The molecule has 4 saturated carbocycles. The topological polar surface area (TPSA) is 18.5 Å². The van der Waals surface area contributed by atoms with E-state index in [0.717, 1.165) is 11.8 Å². The second kappa shape index (κ2) is 4.74. The maximum atomic E-state index is 6.64. The van der Waals surface area contributed by atoms with Gasteiger partial charge in [-0.05, 0) is 55.2 Å². The average Bonchev–Trinajstić information content (AvgIpc) is 2.73. The minimum atomic E-state index is -0.0179. The molecule has 5 fully saturated rings. The smallest absolute Gasteiger partial charge is 0.405 e. The van der Waals surface area contributed by atoms with Crippen LogP contribution in [0.4, 0.5) is 0 Å². The lowest BCUT2D eigenvalue weighted by molar-refractivity contribution is -0.199. The summed E-state index contributed by atoms with van der Waals surface area (Å²) in [7, 11) is 0.0701. The molecule has 0 amide bonds. The molecule has 0 aromatic rings. The van der Waals surface area contributed by atoms with Gasteiger partial charge in [0.2, 0.25) is 0 Å². The fraction of sp³-hybridized carbons (Fsp3) is 1.00. The van der Waals surface area contributed by atoms with Gasteiger partial charge < -0.3 is 9.31 Å². The predicted octanol–water partition coefficient (Wildman–Crippen LogP) is 4.69. The molecule has 5 rings (SSSR count). The number of rotatable bonds is 4. The van der Waals surface area contributed by atoms with Crippen LogP contribution in [0.5, 0.6) is 0 Å². The Morgan fingerprint density at radius 3 is 2.52 bits per heavy atom. The van der Waals surface area contributed by atoms with Crippen LogP contribution < -0.4 is 0 Å². The van der Waals surface area contributed by atoms with E-state index in [1.807, 2.05) is 0 Å². The molecule has 4 aliphatic carbocycles. The molecule has 0 aromatic carbocycles. The van der Waals surface area contributed by atoms with Crippen LogP contribution in [0.2, 0.25) is 5.82 Å². The fourth-order valence-electron chi connectivity index (χ4n) is 5.73. The molecule has 21 heavy (non-hydrogen) atoms. The van der Waals surface area contributed by atoms with Crippen molar-refractivity contribution in [2.24, 2.45) is 23.2 Å². The molecule has 5 unspecified atom stereocenters. The summed E-state index contributed by atoms with van der Waals surface area (Å²) in [6.07, 6.45) is 9.75. The second-order valence-corrected chi connectivity index (χ2v) is 9.04. The Hall–Kier alpha value is -0.0151. The molecule has 118 valence electrons. The van der Waals surface area contributed by atoms with E-state index >= 15 is 0 Å². The van der Waals surface area contributed by atoms with Crippen molar-refractivity contribution >= 4 is 7.12 Å². The van der Waals surface area contributed by atoms with Gasteiger partial charge in [0.25, 0.3) is 0 Å². The van der Waals surface area contributed by atoms with Crippen LogP contribution in [0.1, 0.15) is 72.6 Å². The lowest BCUT2D eigenvalue weighted by Gasteiger charge is -2.64. The zero-order valence-electron chi connectivity index (χ0n) is 14.2. The maximum absolute atomic E-state index is 6.64. The van der Waals surface area contributed by atoms with Crippen molar-refractivity contribution in [1.29, 1.82) is 0 Å². The van der Waals surface area contributed by atoms with Crippen LogP contribution in [0.15, 0.2) is 0 Å². The van der Waals surface area contributed by atoms with Gasteiger partial charge in [-0.3, -0.25) is 0 Å². The van der Waals surface area contributed by atoms with Gasteiger partial charge in [0.05, 0.1) is 11.7 Å². The summed E-state index contributed by atoms with van der Waals surface area (Å²) in [6.45, 7) is 9.53. The molecule has 5 atom stereocenters. The van der Waals surface area contributed by atoms with E-state index in [1.54, 1.807) is 0 Å². The van der Waals surface area contributed by atoms with Gasteiger partial charge >= 0.3 is 7.12 Å². The Balaban J connectivity index is 1.48. The summed E-state index contributed by atoms with van der Waals surface area (Å²) in [5, 5.41) is 0. The molecule has 1 heterocycles. The van der Waals surface area contributed by atoms with Crippen molar-refractivity contribution in [2.45, 2.75) is 90.2 Å². The monoisotopic (exact) mass is 290 g/mol. The van der Waals surface area contributed by atoms with Crippen LogP contribution in [-0.2, 0) is 9.31 Å². The van der Waals surface area contributed by atoms with Gasteiger partial charge in [-0.2, -0.15) is 0 Å². The van der Waals surface area contributed by atoms with E-state index in [0.29, 0.717) is 23.3 Å². The quantitative estimate of drug-likeness (QED) is 0.700. The molecule has 2 bridgehead atoms. The molecule has 5 aliphatic rings. The minimum Gasteiger partial charge on any atom is -0.405 e. The summed E-state index contributed by atoms with van der Waals surface area (Å²) in [5.41, 5.74) is 0.440. The molecule has 1 saturated heterocycles. The first-order valence-electron chi connectivity index (χ1n) is 9.28. The van der Waals surface area contributed by atoms with Crippen LogP contribution >= 0.6 is 0 Å². The minimum absolute atomic E-state index is 0.0179. The molecule has 1 aliphatic heterocycles. The van der Waals surface area contributed by atoms with E-state index in [2.05, 4.69) is 27.7 Å². The van der Waals surface area contributed by atoms with Gasteiger partial charge in [0.15, 0.2) is 0 Å². The third-order valence-corrected chi connectivity index (χ3v) is 7.74. The first-order chi connectivity index (χ1) is 9.95. The highest BCUT2D eigenvalue weighted by Gasteiger charge is 2.68. The lowest BCUT2D eigenvalue weighted by Crippen LogP contribution is -2.65. The van der Waals surface area contributed by atoms with Gasteiger partial charge in [-0.25, -0.2) is 0 Å². The Morgan fingerprint density at radius 2 is 1.95 bits per heavy atom. The highest BCUT2D eigenvalue weighted by molar-refractivity contribution is 6.47. The van der Waals surface area contributed by atoms with Gasteiger partial charge in [0, 0.05) is 0 Å². The summed E-state index contributed by atoms with van der Waals surface area (Å²) in [5.74, 6) is 3.11.